The Morgan fingerprint density at radius 2 is 2.06 bits per heavy atom. The minimum atomic E-state index is -4.45. The number of alkyl halides is 3. The maximum atomic E-state index is 12.2. The monoisotopic (exact) mass is 234 g/mol. The molecule has 0 aliphatic heterocycles. The number of anilines is 1. The van der Waals surface area contributed by atoms with Gasteiger partial charge in [-0.15, -0.1) is 10.2 Å². The highest BCUT2D eigenvalue weighted by Gasteiger charge is 2.32. The molecule has 4 nitrogen and oxygen atoms in total. The number of rotatable bonds is 4. The molecule has 0 saturated carbocycles. The fourth-order valence-electron chi connectivity index (χ4n) is 1.14. The van der Waals surface area contributed by atoms with Crippen molar-refractivity contribution in [1.82, 2.24) is 10.2 Å². The smallest absolute Gasteiger partial charge is 0.366 e. The standard InChI is InChI=1S/C9H13F3N4/c1-6(4-5-13)14-8-3-2-7(15-16-8)9(10,11)12/h2-3,6H,4-5,13H2,1H3,(H,14,16). The second-order valence-electron chi connectivity index (χ2n) is 3.42. The first-order valence-corrected chi connectivity index (χ1v) is 4.81. The van der Waals surface area contributed by atoms with Gasteiger partial charge >= 0.3 is 6.18 Å². The van der Waals surface area contributed by atoms with Crippen LogP contribution in [-0.4, -0.2) is 22.8 Å². The Morgan fingerprint density at radius 1 is 1.38 bits per heavy atom. The summed E-state index contributed by atoms with van der Waals surface area (Å²) in [6, 6.07) is 2.20. The first-order valence-electron chi connectivity index (χ1n) is 4.81. The van der Waals surface area contributed by atoms with Crippen LogP contribution in [0.1, 0.15) is 19.0 Å². The number of nitrogens with one attached hydrogen (secondary N) is 1. The molecule has 0 fully saturated rings. The summed E-state index contributed by atoms with van der Waals surface area (Å²) in [5.41, 5.74) is 4.34. The highest BCUT2D eigenvalue weighted by molar-refractivity contribution is 5.34. The van der Waals surface area contributed by atoms with E-state index in [0.717, 1.165) is 6.07 Å². The average Bonchev–Trinajstić information content (AvgIpc) is 2.17. The fraction of sp³-hybridized carbons (Fsp3) is 0.556. The van der Waals surface area contributed by atoms with Crippen molar-refractivity contribution in [3.8, 4) is 0 Å². The van der Waals surface area contributed by atoms with E-state index in [1.807, 2.05) is 6.92 Å². The van der Waals surface area contributed by atoms with Gasteiger partial charge in [0.25, 0.3) is 0 Å². The quantitative estimate of drug-likeness (QED) is 0.831. The minimum absolute atomic E-state index is 0.0519. The molecule has 0 amide bonds. The van der Waals surface area contributed by atoms with Crippen LogP contribution in [0.15, 0.2) is 12.1 Å². The van der Waals surface area contributed by atoms with Crippen molar-refractivity contribution in [2.24, 2.45) is 5.73 Å². The predicted octanol–water partition coefficient (Wildman–Crippen LogP) is 1.64. The molecule has 1 unspecified atom stereocenters. The van der Waals surface area contributed by atoms with Crippen LogP contribution in [0.5, 0.6) is 0 Å². The van der Waals surface area contributed by atoms with E-state index in [1.54, 1.807) is 0 Å². The van der Waals surface area contributed by atoms with E-state index in [9.17, 15) is 13.2 Å². The molecule has 3 N–H and O–H groups in total. The molecular weight excluding hydrogens is 221 g/mol. The Kier molecular flexibility index (Phi) is 4.05. The number of halogens is 3. The lowest BCUT2D eigenvalue weighted by atomic mass is 10.2. The van der Waals surface area contributed by atoms with E-state index in [2.05, 4.69) is 15.5 Å². The molecule has 0 aliphatic carbocycles. The molecule has 0 aliphatic rings. The highest BCUT2D eigenvalue weighted by Crippen LogP contribution is 2.27. The first-order chi connectivity index (χ1) is 7.43. The van der Waals surface area contributed by atoms with Crippen molar-refractivity contribution in [2.75, 3.05) is 11.9 Å². The van der Waals surface area contributed by atoms with Crippen LogP contribution >= 0.6 is 0 Å². The van der Waals surface area contributed by atoms with Crippen molar-refractivity contribution < 1.29 is 13.2 Å². The van der Waals surface area contributed by atoms with Gasteiger partial charge in [-0.3, -0.25) is 0 Å². The van der Waals surface area contributed by atoms with Crippen LogP contribution in [0.4, 0.5) is 19.0 Å². The molecule has 0 radical (unpaired) electrons. The second-order valence-corrected chi connectivity index (χ2v) is 3.42. The maximum absolute atomic E-state index is 12.2. The second kappa shape index (κ2) is 5.11. The lowest BCUT2D eigenvalue weighted by Gasteiger charge is -2.13. The number of nitrogens with two attached hydrogens (primary N) is 1. The number of hydrogen-bond acceptors (Lipinski definition) is 4. The van der Waals surface area contributed by atoms with Gasteiger partial charge in [0.15, 0.2) is 5.69 Å². The SMILES string of the molecule is CC(CCN)Nc1ccc(C(F)(F)F)nn1. The van der Waals surface area contributed by atoms with Crippen molar-refractivity contribution in [1.29, 1.82) is 0 Å². The zero-order valence-corrected chi connectivity index (χ0v) is 8.75. The van der Waals surface area contributed by atoms with E-state index in [-0.39, 0.29) is 6.04 Å². The summed E-state index contributed by atoms with van der Waals surface area (Å²) in [7, 11) is 0. The van der Waals surface area contributed by atoms with Crippen LogP contribution in [0, 0.1) is 0 Å². The van der Waals surface area contributed by atoms with Gasteiger partial charge in [-0.05, 0) is 32.0 Å². The Bertz CT molecular complexity index is 323. The summed E-state index contributed by atoms with van der Waals surface area (Å²) in [5.74, 6) is 0.314. The normalized spacial score (nSPS) is 13.6. The van der Waals surface area contributed by atoms with E-state index < -0.39 is 11.9 Å². The third kappa shape index (κ3) is 3.65. The van der Waals surface area contributed by atoms with Crippen LogP contribution < -0.4 is 11.1 Å². The molecule has 1 atom stereocenters. The number of hydrogen-bond donors (Lipinski definition) is 2. The van der Waals surface area contributed by atoms with E-state index in [1.165, 1.54) is 6.07 Å². The van der Waals surface area contributed by atoms with Crippen molar-refractivity contribution in [3.63, 3.8) is 0 Å². The van der Waals surface area contributed by atoms with E-state index >= 15 is 0 Å². The van der Waals surface area contributed by atoms with Gasteiger partial charge in [0.2, 0.25) is 0 Å². The molecule has 16 heavy (non-hydrogen) atoms. The molecule has 1 aromatic heterocycles. The Balaban J connectivity index is 2.65. The van der Waals surface area contributed by atoms with Gasteiger partial charge in [-0.25, -0.2) is 0 Å². The number of aromatic nitrogens is 2. The minimum Gasteiger partial charge on any atom is -0.366 e. The van der Waals surface area contributed by atoms with Crippen LogP contribution in [0.3, 0.4) is 0 Å². The van der Waals surface area contributed by atoms with Crippen molar-refractivity contribution in [3.05, 3.63) is 17.8 Å². The molecule has 1 aromatic rings. The largest absolute Gasteiger partial charge is 0.435 e. The van der Waals surface area contributed by atoms with Crippen LogP contribution in [-0.2, 0) is 6.18 Å². The molecule has 0 spiro atoms. The summed E-state index contributed by atoms with van der Waals surface area (Å²) in [6.45, 7) is 2.37. The van der Waals surface area contributed by atoms with Gasteiger partial charge in [0, 0.05) is 6.04 Å². The predicted molar refractivity (Wildman–Crippen MR) is 53.8 cm³/mol. The maximum Gasteiger partial charge on any atom is 0.435 e. The van der Waals surface area contributed by atoms with Crippen molar-refractivity contribution in [2.45, 2.75) is 25.6 Å². The summed E-state index contributed by atoms with van der Waals surface area (Å²) in [5, 5.41) is 9.44. The van der Waals surface area contributed by atoms with Crippen LogP contribution in [0.25, 0.3) is 0 Å². The third-order valence-corrected chi connectivity index (χ3v) is 1.95. The zero-order valence-electron chi connectivity index (χ0n) is 8.75. The van der Waals surface area contributed by atoms with Crippen LogP contribution in [0.2, 0.25) is 0 Å². The van der Waals surface area contributed by atoms with E-state index in [0.29, 0.717) is 18.8 Å². The summed E-state index contributed by atoms with van der Waals surface area (Å²) >= 11 is 0. The highest BCUT2D eigenvalue weighted by atomic mass is 19.4. The summed E-state index contributed by atoms with van der Waals surface area (Å²) < 4.78 is 36.5. The molecule has 1 heterocycles. The molecule has 90 valence electrons. The van der Waals surface area contributed by atoms with Gasteiger partial charge in [-0.1, -0.05) is 0 Å². The lowest BCUT2D eigenvalue weighted by molar-refractivity contribution is -0.141. The molecule has 0 bridgehead atoms. The molecule has 0 saturated heterocycles. The average molecular weight is 234 g/mol. The van der Waals surface area contributed by atoms with Crippen molar-refractivity contribution >= 4 is 5.82 Å². The fourth-order valence-corrected chi connectivity index (χ4v) is 1.14. The third-order valence-electron chi connectivity index (χ3n) is 1.95. The molecule has 0 aromatic carbocycles. The number of nitrogens with zero attached hydrogens (tertiary/aromatic N) is 2. The molecule has 7 heteroatoms. The van der Waals surface area contributed by atoms with Gasteiger partial charge in [0.05, 0.1) is 0 Å². The topological polar surface area (TPSA) is 63.8 Å². The Hall–Kier alpha value is -1.37. The van der Waals surface area contributed by atoms with Gasteiger partial charge in [0.1, 0.15) is 5.82 Å². The summed E-state index contributed by atoms with van der Waals surface area (Å²) in [6.07, 6.45) is -3.74. The Labute approximate surface area is 91.1 Å². The van der Waals surface area contributed by atoms with Gasteiger partial charge < -0.3 is 11.1 Å². The first kappa shape index (κ1) is 12.7. The molecular formula is C9H13F3N4. The Morgan fingerprint density at radius 3 is 2.50 bits per heavy atom. The molecule has 1 rings (SSSR count). The van der Waals surface area contributed by atoms with E-state index in [4.69, 9.17) is 5.73 Å². The summed E-state index contributed by atoms with van der Waals surface area (Å²) in [4.78, 5) is 0. The van der Waals surface area contributed by atoms with Gasteiger partial charge in [-0.2, -0.15) is 13.2 Å². The zero-order chi connectivity index (χ0) is 12.2. The lowest BCUT2D eigenvalue weighted by Crippen LogP contribution is -2.20.